The molecule has 1 aromatic heterocycles. The number of amides is 2. The van der Waals surface area contributed by atoms with E-state index in [1.165, 1.54) is 11.2 Å². The number of hydrogen-bond donors (Lipinski definition) is 0. The quantitative estimate of drug-likeness (QED) is 0.654. The van der Waals surface area contributed by atoms with Crippen molar-refractivity contribution >= 4 is 29.4 Å². The number of nitrogens with zero attached hydrogens (tertiary/aromatic N) is 2. The number of rotatable bonds is 4. The van der Waals surface area contributed by atoms with Gasteiger partial charge in [-0.15, -0.1) is 0 Å². The first-order valence-electron chi connectivity index (χ1n) is 10.6. The lowest BCUT2D eigenvalue weighted by Crippen LogP contribution is -2.67. The van der Waals surface area contributed by atoms with Crippen molar-refractivity contribution in [3.05, 3.63) is 52.9 Å². The maximum absolute atomic E-state index is 13.9. The lowest BCUT2D eigenvalue weighted by atomic mass is 9.77. The third-order valence-corrected chi connectivity index (χ3v) is 6.96. The Labute approximate surface area is 190 Å². The Balaban J connectivity index is 1.62. The highest BCUT2D eigenvalue weighted by atomic mass is 35.5. The van der Waals surface area contributed by atoms with Crippen LogP contribution in [-0.4, -0.2) is 52.9 Å². The zero-order valence-electron chi connectivity index (χ0n) is 17.7. The predicted octanol–water partition coefficient (Wildman–Crippen LogP) is 2.81. The van der Waals surface area contributed by atoms with Gasteiger partial charge in [0, 0.05) is 16.5 Å². The van der Waals surface area contributed by atoms with E-state index in [4.69, 9.17) is 25.5 Å². The van der Waals surface area contributed by atoms with E-state index in [-0.39, 0.29) is 38.1 Å². The van der Waals surface area contributed by atoms with E-state index in [1.807, 2.05) is 0 Å². The van der Waals surface area contributed by atoms with E-state index in [0.717, 1.165) is 0 Å². The summed E-state index contributed by atoms with van der Waals surface area (Å²) in [4.78, 5) is 43.6. The van der Waals surface area contributed by atoms with Gasteiger partial charge in [0.2, 0.25) is 11.8 Å². The molecule has 2 saturated heterocycles. The molecule has 8 nitrogen and oxygen atoms in total. The number of carbonyl (C=O) groups is 3. The fourth-order valence-electron chi connectivity index (χ4n) is 5.49. The summed E-state index contributed by atoms with van der Waals surface area (Å²) in [6.07, 6.45) is 1.52. The lowest BCUT2D eigenvalue weighted by Gasteiger charge is -2.46. The molecule has 4 atom stereocenters. The van der Waals surface area contributed by atoms with Crippen molar-refractivity contribution in [1.82, 2.24) is 9.80 Å². The van der Waals surface area contributed by atoms with Crippen LogP contribution in [0.5, 0.6) is 5.75 Å². The van der Waals surface area contributed by atoms with Crippen LogP contribution >= 0.6 is 11.6 Å². The maximum Gasteiger partial charge on any atom is 0.312 e. The highest BCUT2D eigenvalue weighted by Gasteiger charge is 2.69. The van der Waals surface area contributed by atoms with Crippen LogP contribution in [-0.2, 0) is 25.7 Å². The van der Waals surface area contributed by atoms with Gasteiger partial charge in [-0.25, -0.2) is 0 Å². The second-order valence-corrected chi connectivity index (χ2v) is 8.92. The minimum Gasteiger partial charge on any atom is -0.493 e. The molecule has 2 fully saturated rings. The van der Waals surface area contributed by atoms with E-state index in [0.29, 0.717) is 22.1 Å². The Morgan fingerprint density at radius 3 is 2.84 bits per heavy atom. The molecule has 2 aromatic rings. The second kappa shape index (κ2) is 7.55. The number of furan rings is 1. The smallest absolute Gasteiger partial charge is 0.312 e. The fourth-order valence-corrected chi connectivity index (χ4v) is 5.67. The summed E-state index contributed by atoms with van der Waals surface area (Å²) in [7, 11) is 0. The molecule has 0 bridgehead atoms. The van der Waals surface area contributed by atoms with Crippen molar-refractivity contribution in [3.8, 4) is 5.75 Å². The van der Waals surface area contributed by atoms with Crippen LogP contribution < -0.4 is 4.74 Å². The number of benzene rings is 1. The van der Waals surface area contributed by atoms with Crippen molar-refractivity contribution in [2.24, 2.45) is 11.8 Å². The summed E-state index contributed by atoms with van der Waals surface area (Å²) < 4.78 is 16.7. The van der Waals surface area contributed by atoms with Crippen molar-refractivity contribution in [3.63, 3.8) is 0 Å². The van der Waals surface area contributed by atoms with Crippen molar-refractivity contribution < 1.29 is 28.3 Å². The van der Waals surface area contributed by atoms with E-state index in [9.17, 15) is 14.4 Å². The van der Waals surface area contributed by atoms with Crippen molar-refractivity contribution in [2.45, 2.75) is 32.0 Å². The molecule has 3 unspecified atom stereocenters. The number of carbonyl (C=O) groups excluding carboxylic acids is 3. The molecule has 5 rings (SSSR count). The molecule has 0 saturated carbocycles. The maximum atomic E-state index is 13.9. The van der Waals surface area contributed by atoms with Gasteiger partial charge in [-0.3, -0.25) is 14.4 Å². The van der Waals surface area contributed by atoms with Crippen LogP contribution in [0, 0.1) is 11.8 Å². The first-order chi connectivity index (χ1) is 15.4. The number of hydrogen-bond acceptors (Lipinski definition) is 6. The molecule has 3 aliphatic rings. The predicted molar refractivity (Wildman–Crippen MR) is 113 cm³/mol. The third kappa shape index (κ3) is 2.92. The average molecular weight is 459 g/mol. The van der Waals surface area contributed by atoms with Gasteiger partial charge in [0.15, 0.2) is 0 Å². The highest BCUT2D eigenvalue weighted by Crippen LogP contribution is 2.57. The molecule has 0 spiro atoms. The van der Waals surface area contributed by atoms with Gasteiger partial charge in [0.1, 0.15) is 23.6 Å². The summed E-state index contributed by atoms with van der Waals surface area (Å²) in [6.45, 7) is 3.77. The zero-order chi connectivity index (χ0) is 22.6. The monoisotopic (exact) mass is 458 g/mol. The molecule has 3 aliphatic heterocycles. The van der Waals surface area contributed by atoms with Crippen LogP contribution in [0.3, 0.4) is 0 Å². The first kappa shape index (κ1) is 20.9. The number of fused-ring (bicyclic) bond motifs is 5. The molecular formula is C23H23ClN2O6. The van der Waals surface area contributed by atoms with E-state index < -0.39 is 29.4 Å². The molecule has 0 N–H and O–H groups in total. The average Bonchev–Trinajstić information content (AvgIpc) is 3.36. The van der Waals surface area contributed by atoms with E-state index in [1.54, 1.807) is 49.1 Å². The van der Waals surface area contributed by atoms with Crippen LogP contribution in [0.25, 0.3) is 0 Å². The molecule has 0 radical (unpaired) electrons. The van der Waals surface area contributed by atoms with Gasteiger partial charge < -0.3 is 23.7 Å². The van der Waals surface area contributed by atoms with Crippen LogP contribution in [0.15, 0.2) is 41.0 Å². The van der Waals surface area contributed by atoms with Gasteiger partial charge in [-0.1, -0.05) is 11.6 Å². The number of piperazine rings is 1. The van der Waals surface area contributed by atoms with E-state index >= 15 is 0 Å². The van der Waals surface area contributed by atoms with Gasteiger partial charge in [-0.05, 0) is 44.2 Å². The molecule has 168 valence electrons. The normalized spacial score (nSPS) is 28.7. The van der Waals surface area contributed by atoms with E-state index in [2.05, 4.69) is 0 Å². The lowest BCUT2D eigenvalue weighted by molar-refractivity contribution is -0.171. The molecule has 32 heavy (non-hydrogen) atoms. The fraction of sp³-hybridized carbons (Fsp3) is 0.435. The Kier molecular flexibility index (Phi) is 4.93. The van der Waals surface area contributed by atoms with Gasteiger partial charge in [0.25, 0.3) is 0 Å². The minimum absolute atomic E-state index is 0.107. The summed E-state index contributed by atoms with van der Waals surface area (Å²) >= 11 is 6.26. The first-order valence-corrected chi connectivity index (χ1v) is 11.0. The summed E-state index contributed by atoms with van der Waals surface area (Å²) in [6, 6.07) is 8.17. The molecular weight excluding hydrogens is 436 g/mol. The Hall–Kier alpha value is -3.00. The number of ether oxygens (including phenoxy) is 2. The molecule has 4 heterocycles. The minimum atomic E-state index is -1.42. The van der Waals surface area contributed by atoms with Crippen molar-refractivity contribution in [1.29, 1.82) is 0 Å². The van der Waals surface area contributed by atoms with Crippen LogP contribution in [0.2, 0.25) is 5.02 Å². The standard InChI is InChI=1S/C23H23ClN2O6/c1-3-30-21(28)19-16-12-32-17-7-6-13(24)9-15(17)20(16)26-18(27)11-25(22(29)23(19,26)2)10-14-5-4-8-31-14/h4-9,16,19-20H,3,10-12H2,1-2H3/t16?,19?,20?,23-/m1/s1. The van der Waals surface area contributed by atoms with Gasteiger partial charge >= 0.3 is 5.97 Å². The summed E-state index contributed by atoms with van der Waals surface area (Å²) in [5, 5.41) is 0.490. The van der Waals surface area contributed by atoms with Gasteiger partial charge in [-0.2, -0.15) is 0 Å². The molecule has 0 aliphatic carbocycles. The summed E-state index contributed by atoms with van der Waals surface area (Å²) in [5.74, 6) is -1.23. The topological polar surface area (TPSA) is 89.3 Å². The van der Waals surface area contributed by atoms with Crippen molar-refractivity contribution in [2.75, 3.05) is 19.8 Å². The third-order valence-electron chi connectivity index (χ3n) is 6.72. The molecule has 2 amide bonds. The Morgan fingerprint density at radius 2 is 2.12 bits per heavy atom. The second-order valence-electron chi connectivity index (χ2n) is 8.48. The largest absolute Gasteiger partial charge is 0.493 e. The number of halogens is 1. The number of esters is 1. The SMILES string of the molecule is CCOC(=O)C1C2COc3ccc(Cl)cc3C2N2C(=O)CN(Cc3ccco3)C(=O)[C@@]12C. The Morgan fingerprint density at radius 1 is 1.31 bits per heavy atom. The van der Waals surface area contributed by atoms with Crippen LogP contribution in [0.1, 0.15) is 31.2 Å². The van der Waals surface area contributed by atoms with Gasteiger partial charge in [0.05, 0.1) is 38.0 Å². The summed E-state index contributed by atoms with van der Waals surface area (Å²) in [5.41, 5.74) is -0.719. The Bertz CT molecular complexity index is 1090. The van der Waals surface area contributed by atoms with Crippen LogP contribution in [0.4, 0.5) is 0 Å². The zero-order valence-corrected chi connectivity index (χ0v) is 18.5. The molecule has 1 aromatic carbocycles. The highest BCUT2D eigenvalue weighted by molar-refractivity contribution is 6.30. The molecule has 9 heteroatoms.